The molecule has 0 saturated heterocycles. The monoisotopic (exact) mass is 380 g/mol. The standard InChI is InChI=1S/C22H25N2O2P/c1-24(2)20-14-16-21(17-15-20)27(25,26-3)22(18-10-6-4-7-11-18)23-19-12-8-5-9-13-19/h4-17,22-23H,1-3H3. The van der Waals surface area contributed by atoms with E-state index >= 15 is 0 Å². The molecule has 3 rings (SSSR count). The van der Waals surface area contributed by atoms with Gasteiger partial charge in [-0.15, -0.1) is 0 Å². The highest BCUT2D eigenvalue weighted by Gasteiger charge is 2.36. The van der Waals surface area contributed by atoms with Crippen LogP contribution in [0.3, 0.4) is 0 Å². The molecule has 1 N–H and O–H groups in total. The summed E-state index contributed by atoms with van der Waals surface area (Å²) in [5.41, 5.74) is 2.87. The molecule has 0 bridgehead atoms. The van der Waals surface area contributed by atoms with E-state index in [0.717, 1.165) is 16.9 Å². The van der Waals surface area contributed by atoms with Gasteiger partial charge in [-0.05, 0) is 42.0 Å². The fraction of sp³-hybridized carbons (Fsp3) is 0.182. The highest BCUT2D eigenvalue weighted by Crippen LogP contribution is 2.58. The van der Waals surface area contributed by atoms with Crippen molar-refractivity contribution in [2.75, 3.05) is 31.4 Å². The molecule has 4 nitrogen and oxygen atoms in total. The summed E-state index contributed by atoms with van der Waals surface area (Å²) in [6.45, 7) is 0. The van der Waals surface area contributed by atoms with Crippen molar-refractivity contribution in [1.82, 2.24) is 0 Å². The maximum Gasteiger partial charge on any atom is 0.257 e. The van der Waals surface area contributed by atoms with Crippen molar-refractivity contribution in [3.05, 3.63) is 90.5 Å². The van der Waals surface area contributed by atoms with Crippen LogP contribution < -0.4 is 15.5 Å². The van der Waals surface area contributed by atoms with Crippen LogP contribution in [0.5, 0.6) is 0 Å². The number of nitrogens with one attached hydrogen (secondary N) is 1. The summed E-state index contributed by atoms with van der Waals surface area (Å²) in [6, 6.07) is 27.3. The van der Waals surface area contributed by atoms with Gasteiger partial charge in [-0.25, -0.2) is 0 Å². The van der Waals surface area contributed by atoms with Gasteiger partial charge in [0.2, 0.25) is 0 Å². The van der Waals surface area contributed by atoms with Crippen molar-refractivity contribution in [2.45, 2.75) is 5.78 Å². The molecule has 2 unspecified atom stereocenters. The van der Waals surface area contributed by atoms with Gasteiger partial charge in [0.1, 0.15) is 5.78 Å². The summed E-state index contributed by atoms with van der Waals surface area (Å²) in [7, 11) is 2.25. The Kier molecular flexibility index (Phi) is 6.00. The molecule has 140 valence electrons. The third-order valence-electron chi connectivity index (χ3n) is 4.53. The number of hydrogen-bond acceptors (Lipinski definition) is 4. The van der Waals surface area contributed by atoms with E-state index in [2.05, 4.69) is 5.32 Å². The molecule has 3 aromatic rings. The third kappa shape index (κ3) is 4.24. The number of hydrogen-bond donors (Lipinski definition) is 1. The summed E-state index contributed by atoms with van der Waals surface area (Å²) in [6.07, 6.45) is 0. The summed E-state index contributed by atoms with van der Waals surface area (Å²) in [4.78, 5) is 2.01. The van der Waals surface area contributed by atoms with Crippen LogP contribution in [-0.2, 0) is 9.09 Å². The molecule has 0 aliphatic heterocycles. The summed E-state index contributed by atoms with van der Waals surface area (Å²) >= 11 is 0. The second-order valence-electron chi connectivity index (χ2n) is 6.51. The first-order valence-corrected chi connectivity index (χ1v) is 10.5. The average molecular weight is 380 g/mol. The van der Waals surface area contributed by atoms with Gasteiger partial charge in [0.05, 0.1) is 0 Å². The van der Waals surface area contributed by atoms with E-state index in [4.69, 9.17) is 4.52 Å². The predicted octanol–water partition coefficient (Wildman–Crippen LogP) is 5.11. The lowest BCUT2D eigenvalue weighted by atomic mass is 10.2. The van der Waals surface area contributed by atoms with Crippen LogP contribution in [0.15, 0.2) is 84.9 Å². The Morgan fingerprint density at radius 3 is 1.93 bits per heavy atom. The van der Waals surface area contributed by atoms with Crippen LogP contribution in [0.2, 0.25) is 0 Å². The lowest BCUT2D eigenvalue weighted by Crippen LogP contribution is -2.20. The van der Waals surface area contributed by atoms with Crippen LogP contribution in [0.25, 0.3) is 0 Å². The van der Waals surface area contributed by atoms with E-state index in [1.54, 1.807) is 0 Å². The van der Waals surface area contributed by atoms with E-state index in [9.17, 15) is 4.57 Å². The minimum Gasteiger partial charge on any atom is -0.378 e. The molecule has 5 heteroatoms. The molecule has 0 aliphatic carbocycles. The number of nitrogens with zero attached hydrogens (tertiary/aromatic N) is 1. The van der Waals surface area contributed by atoms with Crippen molar-refractivity contribution in [3.63, 3.8) is 0 Å². The van der Waals surface area contributed by atoms with Gasteiger partial charge in [0.25, 0.3) is 7.37 Å². The first-order valence-electron chi connectivity index (χ1n) is 8.84. The highest BCUT2D eigenvalue weighted by atomic mass is 31.2. The summed E-state index contributed by atoms with van der Waals surface area (Å²) in [5, 5.41) is 4.11. The van der Waals surface area contributed by atoms with Crippen LogP contribution in [-0.4, -0.2) is 21.2 Å². The van der Waals surface area contributed by atoms with Crippen molar-refractivity contribution < 1.29 is 9.09 Å². The fourth-order valence-electron chi connectivity index (χ4n) is 3.01. The Labute approximate surface area is 161 Å². The molecule has 0 radical (unpaired) electrons. The van der Waals surface area contributed by atoms with E-state index in [0.29, 0.717) is 5.30 Å². The molecule has 0 aromatic heterocycles. The number of anilines is 2. The predicted molar refractivity (Wildman–Crippen MR) is 114 cm³/mol. The first-order chi connectivity index (χ1) is 13.0. The van der Waals surface area contributed by atoms with Gasteiger partial charge in [-0.1, -0.05) is 48.5 Å². The molecule has 27 heavy (non-hydrogen) atoms. The lowest BCUT2D eigenvalue weighted by Gasteiger charge is -2.29. The van der Waals surface area contributed by atoms with Gasteiger partial charge < -0.3 is 14.7 Å². The largest absolute Gasteiger partial charge is 0.378 e. The maximum absolute atomic E-state index is 14.1. The zero-order valence-corrected chi connectivity index (χ0v) is 16.8. The third-order valence-corrected chi connectivity index (χ3v) is 7.20. The van der Waals surface area contributed by atoms with Gasteiger partial charge in [0.15, 0.2) is 0 Å². The van der Waals surface area contributed by atoms with Gasteiger partial charge in [-0.2, -0.15) is 0 Å². The van der Waals surface area contributed by atoms with Gasteiger partial charge in [-0.3, -0.25) is 4.57 Å². The molecule has 0 spiro atoms. The van der Waals surface area contributed by atoms with Crippen molar-refractivity contribution in [2.24, 2.45) is 0 Å². The quantitative estimate of drug-likeness (QED) is 0.578. The zero-order valence-electron chi connectivity index (χ0n) is 15.9. The minimum atomic E-state index is -3.23. The molecule has 0 heterocycles. The molecule has 3 aromatic carbocycles. The minimum absolute atomic E-state index is 0.490. The summed E-state index contributed by atoms with van der Waals surface area (Å²) in [5.74, 6) is -0.490. The number of benzene rings is 3. The molecule has 0 aliphatic rings. The first kappa shape index (κ1) is 19.2. The normalized spacial score (nSPS) is 14.2. The van der Waals surface area contributed by atoms with Gasteiger partial charge >= 0.3 is 0 Å². The van der Waals surface area contributed by atoms with Crippen LogP contribution >= 0.6 is 7.37 Å². The lowest BCUT2D eigenvalue weighted by molar-refractivity contribution is 0.396. The Morgan fingerprint density at radius 2 is 1.41 bits per heavy atom. The van der Waals surface area contributed by atoms with Crippen LogP contribution in [0.4, 0.5) is 11.4 Å². The van der Waals surface area contributed by atoms with E-state index < -0.39 is 13.2 Å². The average Bonchev–Trinajstić information content (AvgIpc) is 2.73. The maximum atomic E-state index is 14.1. The van der Waals surface area contributed by atoms with E-state index in [-0.39, 0.29) is 0 Å². The second kappa shape index (κ2) is 8.43. The topological polar surface area (TPSA) is 41.6 Å². The Balaban J connectivity index is 2.05. The Bertz CT molecular complexity index is 897. The van der Waals surface area contributed by atoms with Gasteiger partial charge in [0, 0.05) is 37.9 Å². The Morgan fingerprint density at radius 1 is 0.852 bits per heavy atom. The Hall–Kier alpha value is -2.55. The number of rotatable bonds is 7. The smallest absolute Gasteiger partial charge is 0.257 e. The molecule has 0 fully saturated rings. The molecule has 2 atom stereocenters. The number of para-hydroxylation sites is 1. The highest BCUT2D eigenvalue weighted by molar-refractivity contribution is 7.67. The van der Waals surface area contributed by atoms with E-state index in [1.807, 2.05) is 104 Å². The molecule has 0 amide bonds. The molecular formula is C22H25N2O2P. The zero-order chi connectivity index (χ0) is 19.3. The SMILES string of the molecule is COP(=O)(c1ccc(N(C)C)cc1)C(Nc1ccccc1)c1ccccc1. The van der Waals surface area contributed by atoms with Crippen LogP contribution in [0, 0.1) is 0 Å². The van der Waals surface area contributed by atoms with Crippen molar-refractivity contribution >= 4 is 24.0 Å². The second-order valence-corrected chi connectivity index (χ2v) is 9.11. The molecular weight excluding hydrogens is 355 g/mol. The van der Waals surface area contributed by atoms with Crippen molar-refractivity contribution in [3.8, 4) is 0 Å². The molecule has 0 saturated carbocycles. The van der Waals surface area contributed by atoms with E-state index in [1.165, 1.54) is 7.11 Å². The fourth-order valence-corrected chi connectivity index (χ4v) is 5.18. The van der Waals surface area contributed by atoms with Crippen molar-refractivity contribution in [1.29, 1.82) is 0 Å². The summed E-state index contributed by atoms with van der Waals surface area (Å²) < 4.78 is 19.8. The van der Waals surface area contributed by atoms with Crippen LogP contribution in [0.1, 0.15) is 11.3 Å².